The van der Waals surface area contributed by atoms with Gasteiger partial charge in [0.25, 0.3) is 11.5 Å². The number of carbonyl (C=O) groups excluding carboxylic acids is 1. The van der Waals surface area contributed by atoms with Crippen molar-refractivity contribution in [2.45, 2.75) is 32.6 Å². The van der Waals surface area contributed by atoms with Gasteiger partial charge in [0.2, 0.25) is 0 Å². The van der Waals surface area contributed by atoms with Crippen molar-refractivity contribution < 1.29 is 4.79 Å². The Kier molecular flexibility index (Phi) is 4.86. The van der Waals surface area contributed by atoms with E-state index in [1.165, 1.54) is 0 Å². The molecule has 0 spiro atoms. The van der Waals surface area contributed by atoms with Crippen LogP contribution in [0.15, 0.2) is 47.3 Å². The number of hydrogen-bond donors (Lipinski definition) is 2. The lowest BCUT2D eigenvalue weighted by molar-refractivity contribution is 0.0761. The van der Waals surface area contributed by atoms with Crippen molar-refractivity contribution >= 4 is 5.91 Å². The second kappa shape index (κ2) is 7.46. The van der Waals surface area contributed by atoms with Crippen LogP contribution in [-0.2, 0) is 12.8 Å². The first-order chi connectivity index (χ1) is 13.5. The molecule has 0 saturated carbocycles. The first-order valence-corrected chi connectivity index (χ1v) is 9.68. The van der Waals surface area contributed by atoms with Gasteiger partial charge in [-0.2, -0.15) is 5.10 Å². The molecule has 1 aliphatic heterocycles. The van der Waals surface area contributed by atoms with Gasteiger partial charge in [-0.05, 0) is 24.5 Å². The van der Waals surface area contributed by atoms with Crippen LogP contribution >= 0.6 is 0 Å². The molecule has 0 radical (unpaired) electrons. The van der Waals surface area contributed by atoms with Crippen molar-refractivity contribution in [3.63, 3.8) is 0 Å². The maximum atomic E-state index is 13.0. The van der Waals surface area contributed by atoms with Crippen LogP contribution in [0.4, 0.5) is 0 Å². The lowest BCUT2D eigenvalue weighted by atomic mass is 10.0. The summed E-state index contributed by atoms with van der Waals surface area (Å²) in [5.74, 6) is -0.0000814. The molecule has 0 aliphatic carbocycles. The number of aromatic amines is 2. The number of aromatic nitrogens is 3. The lowest BCUT2D eigenvalue weighted by Gasteiger charge is -2.20. The maximum Gasteiger partial charge on any atom is 0.261 e. The van der Waals surface area contributed by atoms with E-state index in [9.17, 15) is 9.59 Å². The highest BCUT2D eigenvalue weighted by atomic mass is 16.2. The minimum absolute atomic E-state index is 0.205. The first-order valence-electron chi connectivity index (χ1n) is 9.68. The van der Waals surface area contributed by atoms with E-state index in [0.717, 1.165) is 28.2 Å². The van der Waals surface area contributed by atoms with Gasteiger partial charge in [-0.3, -0.25) is 14.7 Å². The normalized spacial score (nSPS) is 14.0. The Morgan fingerprint density at radius 3 is 2.54 bits per heavy atom. The van der Waals surface area contributed by atoms with E-state index >= 15 is 0 Å². The average molecular weight is 376 g/mol. The largest absolute Gasteiger partial charge is 0.338 e. The second-order valence-corrected chi connectivity index (χ2v) is 7.50. The number of H-pyrrole nitrogens is 2. The van der Waals surface area contributed by atoms with E-state index in [0.29, 0.717) is 25.9 Å². The summed E-state index contributed by atoms with van der Waals surface area (Å²) >= 11 is 0. The summed E-state index contributed by atoms with van der Waals surface area (Å²) in [6.07, 6.45) is 1.41. The zero-order valence-electron chi connectivity index (χ0n) is 16.2. The van der Waals surface area contributed by atoms with Crippen molar-refractivity contribution in [1.29, 1.82) is 0 Å². The van der Waals surface area contributed by atoms with Crippen LogP contribution in [0.1, 0.15) is 47.1 Å². The number of pyridine rings is 1. The maximum absolute atomic E-state index is 13.0. The van der Waals surface area contributed by atoms with Crippen molar-refractivity contribution in [3.05, 3.63) is 75.3 Å². The Hall–Kier alpha value is -3.15. The third-order valence-electron chi connectivity index (χ3n) is 5.34. The molecule has 3 aromatic rings. The Bertz CT molecular complexity index is 1050. The van der Waals surface area contributed by atoms with E-state index < -0.39 is 0 Å². The molecule has 0 bridgehead atoms. The van der Waals surface area contributed by atoms with Gasteiger partial charge in [-0.15, -0.1) is 0 Å². The van der Waals surface area contributed by atoms with Gasteiger partial charge in [0.05, 0.1) is 5.69 Å². The molecule has 6 heteroatoms. The highest BCUT2D eigenvalue weighted by Gasteiger charge is 2.25. The monoisotopic (exact) mass is 376 g/mol. The molecule has 3 heterocycles. The summed E-state index contributed by atoms with van der Waals surface area (Å²) in [6.45, 7) is 5.14. The van der Waals surface area contributed by atoms with Crippen LogP contribution in [0.5, 0.6) is 0 Å². The fraction of sp³-hybridized carbons (Fsp3) is 0.318. The lowest BCUT2D eigenvalue weighted by Crippen LogP contribution is -2.36. The van der Waals surface area contributed by atoms with Gasteiger partial charge in [0, 0.05) is 42.0 Å². The minimum Gasteiger partial charge on any atom is -0.338 e. The smallest absolute Gasteiger partial charge is 0.261 e. The Labute approximate surface area is 163 Å². The topological polar surface area (TPSA) is 81.8 Å². The number of hydrogen-bond acceptors (Lipinski definition) is 3. The molecule has 2 N–H and O–H groups in total. The Balaban J connectivity index is 1.56. The SMILES string of the molecule is CC(C)c1ccc(C(=O)N2CCc3[nH]nc(-c4ccccc4)c3CC2)c(=O)[nH]1. The molecule has 0 unspecified atom stereocenters. The van der Waals surface area contributed by atoms with Crippen LogP contribution in [-0.4, -0.2) is 39.1 Å². The molecule has 144 valence electrons. The van der Waals surface area contributed by atoms with E-state index in [1.807, 2.05) is 50.2 Å². The molecule has 0 atom stereocenters. The van der Waals surface area contributed by atoms with E-state index in [4.69, 9.17) is 0 Å². The highest BCUT2D eigenvalue weighted by molar-refractivity contribution is 5.94. The van der Waals surface area contributed by atoms with Crippen LogP contribution in [0.3, 0.4) is 0 Å². The van der Waals surface area contributed by atoms with Gasteiger partial charge < -0.3 is 9.88 Å². The Morgan fingerprint density at radius 2 is 1.82 bits per heavy atom. The summed E-state index contributed by atoms with van der Waals surface area (Å²) in [5.41, 5.74) is 4.97. The molecule has 1 aliphatic rings. The van der Waals surface area contributed by atoms with Gasteiger partial charge in [-0.1, -0.05) is 44.2 Å². The fourth-order valence-electron chi connectivity index (χ4n) is 3.69. The van der Waals surface area contributed by atoms with Crippen molar-refractivity contribution in [1.82, 2.24) is 20.1 Å². The van der Waals surface area contributed by atoms with Gasteiger partial charge in [-0.25, -0.2) is 0 Å². The predicted molar refractivity (Wildman–Crippen MR) is 108 cm³/mol. The van der Waals surface area contributed by atoms with Crippen molar-refractivity contribution in [2.75, 3.05) is 13.1 Å². The summed E-state index contributed by atoms with van der Waals surface area (Å²) in [7, 11) is 0. The summed E-state index contributed by atoms with van der Waals surface area (Å²) in [5, 5.41) is 7.63. The standard InChI is InChI=1S/C22H24N4O2/c1-14(2)18-9-8-17(21(27)23-18)22(28)26-12-10-16-19(11-13-26)24-25-20(16)15-6-4-3-5-7-15/h3-9,14H,10-13H2,1-2H3,(H,23,27)(H,24,25). The van der Waals surface area contributed by atoms with Crippen molar-refractivity contribution in [3.8, 4) is 11.3 Å². The van der Waals surface area contributed by atoms with Crippen LogP contribution in [0, 0.1) is 0 Å². The third kappa shape index (κ3) is 3.38. The quantitative estimate of drug-likeness (QED) is 0.737. The zero-order chi connectivity index (χ0) is 19.7. The van der Waals surface area contributed by atoms with Crippen LogP contribution in [0.25, 0.3) is 11.3 Å². The second-order valence-electron chi connectivity index (χ2n) is 7.50. The number of carbonyl (C=O) groups is 1. The minimum atomic E-state index is -0.314. The fourth-order valence-corrected chi connectivity index (χ4v) is 3.69. The summed E-state index contributed by atoms with van der Waals surface area (Å²) in [6, 6.07) is 13.5. The molecule has 0 fully saturated rings. The number of benzene rings is 1. The van der Waals surface area contributed by atoms with E-state index in [1.54, 1.807) is 11.0 Å². The predicted octanol–water partition coefficient (Wildman–Crippen LogP) is 3.13. The van der Waals surface area contributed by atoms with E-state index in [-0.39, 0.29) is 22.9 Å². The molecule has 1 amide bonds. The first kappa shape index (κ1) is 18.2. The van der Waals surface area contributed by atoms with Crippen LogP contribution in [0.2, 0.25) is 0 Å². The van der Waals surface area contributed by atoms with Gasteiger partial charge in [0.15, 0.2) is 0 Å². The highest BCUT2D eigenvalue weighted by Crippen LogP contribution is 2.26. The Morgan fingerprint density at radius 1 is 1.07 bits per heavy atom. The average Bonchev–Trinajstić information content (AvgIpc) is 2.99. The van der Waals surface area contributed by atoms with Crippen molar-refractivity contribution in [2.24, 2.45) is 0 Å². The van der Waals surface area contributed by atoms with Gasteiger partial charge in [0.1, 0.15) is 5.56 Å². The number of rotatable bonds is 3. The zero-order valence-corrected chi connectivity index (χ0v) is 16.2. The number of nitrogens with zero attached hydrogens (tertiary/aromatic N) is 2. The molecule has 2 aromatic heterocycles. The van der Waals surface area contributed by atoms with Gasteiger partial charge >= 0.3 is 0 Å². The molecule has 28 heavy (non-hydrogen) atoms. The molecule has 0 saturated heterocycles. The van der Waals surface area contributed by atoms with Crippen LogP contribution < -0.4 is 5.56 Å². The molecule has 4 rings (SSSR count). The number of fused-ring (bicyclic) bond motifs is 1. The third-order valence-corrected chi connectivity index (χ3v) is 5.34. The number of amides is 1. The molecule has 6 nitrogen and oxygen atoms in total. The molecular weight excluding hydrogens is 352 g/mol. The van der Waals surface area contributed by atoms with E-state index in [2.05, 4.69) is 15.2 Å². The summed E-state index contributed by atoms with van der Waals surface area (Å²) in [4.78, 5) is 30.0. The molecule has 1 aromatic carbocycles. The summed E-state index contributed by atoms with van der Waals surface area (Å²) < 4.78 is 0. The molecular formula is C22H24N4O2. The number of nitrogens with one attached hydrogen (secondary N) is 2.